The minimum Gasteiger partial charge on any atom is -0.405 e. The Morgan fingerprint density at radius 3 is 2.44 bits per heavy atom. The highest BCUT2D eigenvalue weighted by Crippen LogP contribution is 2.45. The first-order valence-electron chi connectivity index (χ1n) is 12.7. The number of aromatic nitrogens is 2. The number of sulfone groups is 1. The Morgan fingerprint density at radius 2 is 1.80 bits per heavy atom. The zero-order valence-electron chi connectivity index (χ0n) is 21.5. The third kappa shape index (κ3) is 6.17. The summed E-state index contributed by atoms with van der Waals surface area (Å²) >= 11 is 19.7. The molecule has 5 rings (SSSR count). The topological polar surface area (TPSA) is 92.3 Å². The molecule has 0 spiro atoms. The van der Waals surface area contributed by atoms with Crippen molar-refractivity contribution in [2.45, 2.75) is 48.6 Å². The predicted molar refractivity (Wildman–Crippen MR) is 153 cm³/mol. The van der Waals surface area contributed by atoms with Crippen molar-refractivity contribution in [1.29, 1.82) is 0 Å². The van der Waals surface area contributed by atoms with E-state index in [4.69, 9.17) is 34.8 Å². The minimum absolute atomic E-state index is 0.0146. The van der Waals surface area contributed by atoms with Crippen molar-refractivity contribution < 1.29 is 31.4 Å². The lowest BCUT2D eigenvalue weighted by atomic mass is 9.99. The molecule has 1 saturated carbocycles. The highest BCUT2D eigenvalue weighted by molar-refractivity contribution is 7.92. The van der Waals surface area contributed by atoms with Gasteiger partial charge in [-0.1, -0.05) is 71.9 Å². The van der Waals surface area contributed by atoms with E-state index in [2.05, 4.69) is 14.7 Å². The second kappa shape index (κ2) is 11.3. The van der Waals surface area contributed by atoms with Crippen LogP contribution in [0.3, 0.4) is 0 Å². The van der Waals surface area contributed by atoms with Gasteiger partial charge in [-0.25, -0.2) is 13.4 Å². The fraction of sp³-hybridized carbons (Fsp3) is 0.321. The number of H-pyrrole nitrogens is 1. The molecule has 2 atom stereocenters. The molecule has 3 aromatic carbocycles. The minimum atomic E-state index is -4.93. The van der Waals surface area contributed by atoms with Crippen molar-refractivity contribution in [3.05, 3.63) is 75.0 Å². The lowest BCUT2D eigenvalue weighted by Crippen LogP contribution is -2.19. The maximum atomic E-state index is 13.1. The first-order valence-corrected chi connectivity index (χ1v) is 15.3. The Morgan fingerprint density at radius 1 is 1.10 bits per heavy atom. The van der Waals surface area contributed by atoms with Crippen molar-refractivity contribution in [2.75, 3.05) is 6.61 Å². The van der Waals surface area contributed by atoms with Gasteiger partial charge in [-0.05, 0) is 49.1 Å². The summed E-state index contributed by atoms with van der Waals surface area (Å²) < 4.78 is 69.4. The van der Waals surface area contributed by atoms with Gasteiger partial charge in [0.2, 0.25) is 0 Å². The average molecular weight is 648 g/mol. The number of ether oxygens (including phenoxy) is 1. The standard InChI is InChI=1S/C28H24Cl3F3N2O4S/c1-14(10-15-6-7-15)41(38,39)16-8-9-17(20(29)11-16)19(13-37)27-35-22-12-21(30)24(25(31)26(22)36-27)18-4-2-3-5-23(18)40-28(32,33)34/h2-5,8-9,11-12,14-15,19,37H,6-7,10,13H2,1H3,(H,35,36). The van der Waals surface area contributed by atoms with Crippen molar-refractivity contribution in [3.63, 3.8) is 0 Å². The number of nitrogens with one attached hydrogen (secondary N) is 1. The molecule has 0 radical (unpaired) electrons. The number of alkyl halides is 3. The van der Waals surface area contributed by atoms with Crippen LogP contribution in [0.25, 0.3) is 22.2 Å². The molecule has 1 fully saturated rings. The average Bonchev–Trinajstić information content (AvgIpc) is 3.61. The molecule has 0 amide bonds. The third-order valence-electron chi connectivity index (χ3n) is 7.15. The van der Waals surface area contributed by atoms with Crippen LogP contribution in [0.1, 0.15) is 43.5 Å². The summed E-state index contributed by atoms with van der Waals surface area (Å²) in [7, 11) is -3.59. The van der Waals surface area contributed by atoms with Crippen LogP contribution in [0.4, 0.5) is 13.2 Å². The van der Waals surface area contributed by atoms with Crippen LogP contribution in [-0.4, -0.2) is 41.7 Å². The van der Waals surface area contributed by atoms with E-state index < -0.39 is 39.7 Å². The fourth-order valence-electron chi connectivity index (χ4n) is 4.88. The zero-order valence-corrected chi connectivity index (χ0v) is 24.6. The summed E-state index contributed by atoms with van der Waals surface area (Å²) in [6.07, 6.45) is -2.26. The van der Waals surface area contributed by atoms with E-state index in [1.165, 1.54) is 42.5 Å². The van der Waals surface area contributed by atoms with E-state index >= 15 is 0 Å². The monoisotopic (exact) mass is 646 g/mol. The molecule has 6 nitrogen and oxygen atoms in total. The van der Waals surface area contributed by atoms with Crippen molar-refractivity contribution in [2.24, 2.45) is 5.92 Å². The van der Waals surface area contributed by atoms with Gasteiger partial charge in [-0.15, -0.1) is 13.2 Å². The number of rotatable bonds is 9. The molecule has 1 heterocycles. The molecule has 13 heteroatoms. The quantitative estimate of drug-likeness (QED) is 0.191. The van der Waals surface area contributed by atoms with Crippen molar-refractivity contribution >= 4 is 55.7 Å². The normalized spacial score (nSPS) is 15.7. The van der Waals surface area contributed by atoms with Gasteiger partial charge in [0.15, 0.2) is 9.84 Å². The smallest absolute Gasteiger partial charge is 0.405 e. The summed E-state index contributed by atoms with van der Waals surface area (Å²) in [5.41, 5.74) is 1.10. The van der Waals surface area contributed by atoms with Gasteiger partial charge in [0.25, 0.3) is 0 Å². The molecule has 0 bridgehead atoms. The number of benzene rings is 3. The second-order valence-electron chi connectivity index (χ2n) is 10.1. The fourth-order valence-corrected chi connectivity index (χ4v) is 7.49. The highest BCUT2D eigenvalue weighted by Gasteiger charge is 2.34. The molecule has 1 aliphatic rings. The van der Waals surface area contributed by atoms with E-state index in [0.717, 1.165) is 18.9 Å². The van der Waals surface area contributed by atoms with Gasteiger partial charge in [0.1, 0.15) is 17.1 Å². The number of halogens is 6. The Balaban J connectivity index is 1.52. The number of imidazole rings is 1. The molecule has 1 aromatic heterocycles. The third-order valence-corrected chi connectivity index (χ3v) is 10.3. The van der Waals surface area contributed by atoms with E-state index in [0.29, 0.717) is 23.4 Å². The summed E-state index contributed by atoms with van der Waals surface area (Å²) in [6, 6.07) is 11.3. The van der Waals surface area contributed by atoms with Crippen LogP contribution >= 0.6 is 34.8 Å². The summed E-state index contributed by atoms with van der Waals surface area (Å²) in [6.45, 7) is 1.25. The van der Waals surface area contributed by atoms with Crippen LogP contribution in [0.15, 0.2) is 53.4 Å². The summed E-state index contributed by atoms with van der Waals surface area (Å²) in [5, 5.41) is 9.89. The lowest BCUT2D eigenvalue weighted by molar-refractivity contribution is -0.274. The lowest BCUT2D eigenvalue weighted by Gasteiger charge is -2.17. The Bertz CT molecular complexity index is 1720. The van der Waals surface area contributed by atoms with E-state index in [1.807, 2.05) is 0 Å². The van der Waals surface area contributed by atoms with E-state index in [-0.39, 0.29) is 42.4 Å². The number of nitrogens with zero attached hydrogens (tertiary/aromatic N) is 1. The number of para-hydroxylation sites is 1. The molecule has 0 aliphatic heterocycles. The van der Waals surface area contributed by atoms with Crippen LogP contribution in [-0.2, 0) is 9.84 Å². The van der Waals surface area contributed by atoms with Crippen molar-refractivity contribution in [1.82, 2.24) is 9.97 Å². The number of hydrogen-bond acceptors (Lipinski definition) is 5. The molecule has 2 unspecified atom stereocenters. The number of fused-ring (bicyclic) bond motifs is 1. The van der Waals surface area contributed by atoms with E-state index in [9.17, 15) is 26.7 Å². The first-order chi connectivity index (χ1) is 19.3. The maximum absolute atomic E-state index is 13.1. The van der Waals surface area contributed by atoms with Crippen LogP contribution in [0.5, 0.6) is 5.75 Å². The van der Waals surface area contributed by atoms with Crippen LogP contribution < -0.4 is 4.74 Å². The maximum Gasteiger partial charge on any atom is 0.573 e. The Kier molecular flexibility index (Phi) is 8.26. The summed E-state index contributed by atoms with van der Waals surface area (Å²) in [4.78, 5) is 7.67. The molecule has 0 saturated heterocycles. The number of aliphatic hydroxyl groups is 1. The van der Waals surface area contributed by atoms with Gasteiger partial charge >= 0.3 is 6.36 Å². The first kappa shape index (κ1) is 30.0. The molecule has 41 heavy (non-hydrogen) atoms. The summed E-state index contributed by atoms with van der Waals surface area (Å²) in [5.74, 6) is -0.597. The SMILES string of the molecule is CC(CC1CC1)S(=O)(=O)c1ccc(C(CO)c2nc3c(Cl)c(-c4ccccc4OC(F)(F)F)c(Cl)cc3[nH]2)c(Cl)c1. The van der Waals surface area contributed by atoms with Gasteiger partial charge in [-0.3, -0.25) is 0 Å². The molecule has 1 aliphatic carbocycles. The Labute approximate surface area is 249 Å². The molecule has 4 aromatic rings. The predicted octanol–water partition coefficient (Wildman–Crippen LogP) is 8.18. The molecule has 218 valence electrons. The van der Waals surface area contributed by atoms with Gasteiger partial charge in [0, 0.05) is 16.1 Å². The number of aliphatic hydroxyl groups excluding tert-OH is 1. The van der Waals surface area contributed by atoms with Gasteiger partial charge in [-0.2, -0.15) is 0 Å². The highest BCUT2D eigenvalue weighted by atomic mass is 35.5. The van der Waals surface area contributed by atoms with Crippen LogP contribution in [0, 0.1) is 5.92 Å². The largest absolute Gasteiger partial charge is 0.573 e. The molecular weight excluding hydrogens is 624 g/mol. The second-order valence-corrected chi connectivity index (χ2v) is 13.6. The number of aromatic amines is 1. The number of hydrogen-bond donors (Lipinski definition) is 2. The van der Waals surface area contributed by atoms with Gasteiger partial charge in [0.05, 0.1) is 38.2 Å². The molecular formula is C28H24Cl3F3N2O4S. The van der Waals surface area contributed by atoms with Crippen LogP contribution in [0.2, 0.25) is 15.1 Å². The molecule has 2 N–H and O–H groups in total. The van der Waals surface area contributed by atoms with Gasteiger partial charge < -0.3 is 14.8 Å². The Hall–Kier alpha value is -2.50. The zero-order chi connectivity index (χ0) is 29.7. The van der Waals surface area contributed by atoms with Crippen molar-refractivity contribution in [3.8, 4) is 16.9 Å². The van der Waals surface area contributed by atoms with E-state index in [1.54, 1.807) is 6.92 Å².